The van der Waals surface area contributed by atoms with Crippen LogP contribution in [0.5, 0.6) is 0 Å². The Morgan fingerprint density at radius 2 is 1.44 bits per heavy atom. The predicted molar refractivity (Wildman–Crippen MR) is 83.6 cm³/mol. The molecule has 2 rings (SSSR count). The minimum absolute atomic E-state index is 0.778. The summed E-state index contributed by atoms with van der Waals surface area (Å²) in [6.45, 7) is 3.11. The summed E-state index contributed by atoms with van der Waals surface area (Å²) in [6.07, 6.45) is 0. The first-order chi connectivity index (χ1) is 8.36. The summed E-state index contributed by atoms with van der Waals surface area (Å²) >= 11 is 34.3. The summed E-state index contributed by atoms with van der Waals surface area (Å²) in [5.74, 6) is -2.74. The van der Waals surface area contributed by atoms with Crippen LogP contribution in [0.3, 0.4) is 0 Å². The van der Waals surface area contributed by atoms with E-state index in [-0.39, 0.29) is 0 Å². The second-order valence-corrected chi connectivity index (χ2v) is 14.3. The molecule has 2 unspecified atom stereocenters. The lowest BCUT2D eigenvalue weighted by molar-refractivity contribution is -0.0334. The van der Waals surface area contributed by atoms with E-state index in [0.29, 0.717) is 0 Å². The Morgan fingerprint density at radius 1 is 1.00 bits per heavy atom. The number of nitrogens with zero attached hydrogens (tertiary/aromatic N) is 3. The molecule has 0 aromatic heterocycles. The Labute approximate surface area is 137 Å². The Bertz CT molecular complexity index is 305. The SMILES string of the molecule is C1COCCO1.ClN1P(Cl)N=P(Cl)(Cl)N(Cl)P1Cl. The largest absolute Gasteiger partial charge is 0.377 e. The summed E-state index contributed by atoms with van der Waals surface area (Å²) < 4.78 is 15.9. The first-order valence-electron chi connectivity index (χ1n) is 4.37. The van der Waals surface area contributed by atoms with Gasteiger partial charge in [0.05, 0.1) is 26.4 Å². The summed E-state index contributed by atoms with van der Waals surface area (Å²) in [5, 5.41) is 0. The molecule has 108 valence electrons. The Kier molecular flexibility index (Phi) is 9.31. The van der Waals surface area contributed by atoms with Crippen molar-refractivity contribution in [2.75, 3.05) is 26.4 Å². The van der Waals surface area contributed by atoms with Gasteiger partial charge >= 0.3 is 0 Å². The van der Waals surface area contributed by atoms with E-state index >= 15 is 0 Å². The smallest absolute Gasteiger partial charge is 0.231 e. The van der Waals surface area contributed by atoms with Crippen LogP contribution in [0.4, 0.5) is 0 Å². The third-order valence-corrected chi connectivity index (χ3v) is 15.3. The van der Waals surface area contributed by atoms with Crippen LogP contribution in [-0.4, -0.2) is 34.3 Å². The van der Waals surface area contributed by atoms with Gasteiger partial charge in [0.25, 0.3) is 0 Å². The number of halogens is 6. The normalized spacial score (nSPS) is 33.2. The monoisotopic (exact) mass is 433 g/mol. The van der Waals surface area contributed by atoms with Crippen LogP contribution in [0.25, 0.3) is 0 Å². The molecule has 18 heavy (non-hydrogen) atoms. The van der Waals surface area contributed by atoms with Crippen molar-refractivity contribution in [3.63, 3.8) is 0 Å². The molecular weight excluding hydrogens is 428 g/mol. The zero-order valence-corrected chi connectivity index (χ0v) is 15.8. The highest BCUT2D eigenvalue weighted by Gasteiger charge is 2.41. The fourth-order valence-electron chi connectivity index (χ4n) is 0.805. The van der Waals surface area contributed by atoms with Crippen molar-refractivity contribution >= 4 is 89.6 Å². The van der Waals surface area contributed by atoms with Gasteiger partial charge < -0.3 is 9.47 Å². The zero-order chi connectivity index (χ0) is 13.8. The number of hydrogen-bond acceptors (Lipinski definition) is 5. The van der Waals surface area contributed by atoms with Crippen molar-refractivity contribution in [2.45, 2.75) is 0 Å². The topological polar surface area (TPSA) is 37.3 Å². The molecule has 2 aliphatic heterocycles. The lowest BCUT2D eigenvalue weighted by Crippen LogP contribution is -2.16. The Morgan fingerprint density at radius 3 is 1.83 bits per heavy atom. The molecule has 2 aliphatic rings. The highest BCUT2D eigenvalue weighted by atomic mass is 35.9. The van der Waals surface area contributed by atoms with Crippen molar-refractivity contribution in [3.05, 3.63) is 0 Å². The fourth-order valence-corrected chi connectivity index (χ4v) is 12.8. The minimum Gasteiger partial charge on any atom is -0.377 e. The van der Waals surface area contributed by atoms with E-state index in [0.717, 1.165) is 34.3 Å². The fraction of sp³-hybridized carbons (Fsp3) is 1.00. The van der Waals surface area contributed by atoms with Crippen molar-refractivity contribution in [1.82, 2.24) is 7.92 Å². The zero-order valence-electron chi connectivity index (χ0n) is 8.60. The molecule has 0 amide bonds. The van der Waals surface area contributed by atoms with Crippen LogP contribution in [0.15, 0.2) is 4.52 Å². The van der Waals surface area contributed by atoms with E-state index in [2.05, 4.69) is 4.52 Å². The summed E-state index contributed by atoms with van der Waals surface area (Å²) in [5.41, 5.74) is 0. The molecule has 2 atom stereocenters. The third kappa shape index (κ3) is 5.81. The molecule has 0 N–H and O–H groups in total. The molecular formula is C4H8Cl6N3O2P3. The second-order valence-electron chi connectivity index (χ2n) is 2.73. The van der Waals surface area contributed by atoms with Crippen LogP contribution in [-0.2, 0) is 9.47 Å². The summed E-state index contributed by atoms with van der Waals surface area (Å²) in [6, 6.07) is 0. The molecule has 0 radical (unpaired) electrons. The highest BCUT2D eigenvalue weighted by Crippen LogP contribution is 2.85. The third-order valence-electron chi connectivity index (χ3n) is 1.53. The Hall–Kier alpha value is 2.67. The van der Waals surface area contributed by atoms with Crippen LogP contribution in [0.1, 0.15) is 0 Å². The van der Waals surface area contributed by atoms with Gasteiger partial charge in [-0.25, -0.2) is 4.52 Å². The van der Waals surface area contributed by atoms with Gasteiger partial charge in [-0.2, -0.15) is 0 Å². The molecule has 14 heteroatoms. The Balaban J connectivity index is 0.000000225. The maximum atomic E-state index is 5.78. The van der Waals surface area contributed by atoms with Gasteiger partial charge in [-0.15, -0.1) is 7.92 Å². The van der Waals surface area contributed by atoms with Crippen LogP contribution in [0, 0.1) is 0 Å². The van der Waals surface area contributed by atoms with Crippen molar-refractivity contribution in [1.29, 1.82) is 0 Å². The van der Waals surface area contributed by atoms with Crippen LogP contribution < -0.4 is 0 Å². The van der Waals surface area contributed by atoms with Gasteiger partial charge in [0.2, 0.25) is 13.5 Å². The first-order valence-corrected chi connectivity index (χ1v) is 12.9. The molecule has 0 aromatic carbocycles. The van der Waals surface area contributed by atoms with Crippen molar-refractivity contribution < 1.29 is 9.47 Å². The van der Waals surface area contributed by atoms with E-state index in [9.17, 15) is 0 Å². The molecule has 1 saturated heterocycles. The van der Waals surface area contributed by atoms with Crippen molar-refractivity contribution in [3.8, 4) is 0 Å². The van der Waals surface area contributed by atoms with Gasteiger partial charge in [0, 0.05) is 0 Å². The first kappa shape index (κ1) is 18.7. The average molecular weight is 436 g/mol. The molecule has 0 aliphatic carbocycles. The van der Waals surface area contributed by atoms with Gasteiger partial charge in [0.1, 0.15) is 0 Å². The van der Waals surface area contributed by atoms with Gasteiger partial charge in [-0.05, 0) is 57.3 Å². The lowest BCUT2D eigenvalue weighted by Gasteiger charge is -2.33. The molecule has 0 aromatic rings. The number of ether oxygens (including phenoxy) is 2. The van der Waals surface area contributed by atoms with E-state index in [4.69, 9.17) is 78.0 Å². The second kappa shape index (κ2) is 8.96. The molecule has 0 bridgehead atoms. The van der Waals surface area contributed by atoms with Gasteiger partial charge in [-0.1, -0.05) is 11.2 Å². The molecule has 0 spiro atoms. The molecule has 0 saturated carbocycles. The van der Waals surface area contributed by atoms with Gasteiger partial charge in [-0.3, -0.25) is 0 Å². The van der Waals surface area contributed by atoms with Crippen LogP contribution in [0.2, 0.25) is 0 Å². The van der Waals surface area contributed by atoms with Crippen molar-refractivity contribution in [2.24, 2.45) is 4.52 Å². The highest BCUT2D eigenvalue weighted by molar-refractivity contribution is 8.18. The number of hydrogen-bond donors (Lipinski definition) is 0. The standard InChI is InChI=1S/C4H8O2.Cl6N3P3/c1-2-6-4-3-5-1;1-8-10(3)7-12(5,6)9(2)11(8)4/h1-4H2;. The quantitative estimate of drug-likeness (QED) is 0.330. The lowest BCUT2D eigenvalue weighted by atomic mass is 10.6. The van der Waals surface area contributed by atoms with E-state index in [1.807, 2.05) is 0 Å². The van der Waals surface area contributed by atoms with Crippen LogP contribution >= 0.6 is 89.6 Å². The molecule has 2 heterocycles. The number of rotatable bonds is 0. The molecule has 5 nitrogen and oxygen atoms in total. The van der Waals surface area contributed by atoms with E-state index < -0.39 is 21.1 Å². The average Bonchev–Trinajstić information content (AvgIpc) is 2.37. The van der Waals surface area contributed by atoms with E-state index in [1.165, 1.54) is 0 Å². The minimum atomic E-state index is -2.74. The van der Waals surface area contributed by atoms with E-state index in [1.54, 1.807) is 0 Å². The summed E-state index contributed by atoms with van der Waals surface area (Å²) in [4.78, 5) is 0. The van der Waals surface area contributed by atoms with Gasteiger partial charge in [0.15, 0.2) is 7.58 Å². The maximum Gasteiger partial charge on any atom is 0.231 e. The maximum absolute atomic E-state index is 5.78. The molecule has 1 fully saturated rings. The summed E-state index contributed by atoms with van der Waals surface area (Å²) in [7, 11) is -2.94. The predicted octanol–water partition coefficient (Wildman–Crippen LogP) is 6.30.